The number of aliphatic hydroxyl groups is 1. The highest BCUT2D eigenvalue weighted by molar-refractivity contribution is 4.97. The molecule has 0 aliphatic heterocycles. The lowest BCUT2D eigenvalue weighted by Gasteiger charge is -2.25. The van der Waals surface area contributed by atoms with Crippen LogP contribution in [0.2, 0.25) is 0 Å². The number of aromatic nitrogens is 2. The number of fused-ring (bicyclic) bond motifs is 1. The van der Waals surface area contributed by atoms with Crippen molar-refractivity contribution < 1.29 is 9.84 Å². The first kappa shape index (κ1) is 15.0. The molecular formula is C16H27N3O2. The van der Waals surface area contributed by atoms with Crippen LogP contribution < -0.4 is 0 Å². The SMILES string of the molecule is COCCn1ccnc1CN(C)C1C[C@H]2CC(O)C[C@H]2C1. The zero-order valence-electron chi connectivity index (χ0n) is 13.1. The van der Waals surface area contributed by atoms with Crippen LogP contribution >= 0.6 is 0 Å². The second-order valence-electron chi connectivity index (χ2n) is 6.72. The third kappa shape index (κ3) is 3.30. The molecule has 2 aliphatic rings. The van der Waals surface area contributed by atoms with Gasteiger partial charge in [-0.05, 0) is 44.6 Å². The van der Waals surface area contributed by atoms with Crippen LogP contribution in [-0.2, 0) is 17.8 Å². The normalized spacial score (nSPS) is 32.0. The van der Waals surface area contributed by atoms with Gasteiger partial charge in [-0.2, -0.15) is 0 Å². The molecule has 2 saturated carbocycles. The molecule has 0 bridgehead atoms. The van der Waals surface area contributed by atoms with Crippen molar-refractivity contribution in [3.05, 3.63) is 18.2 Å². The summed E-state index contributed by atoms with van der Waals surface area (Å²) in [7, 11) is 3.94. The predicted octanol–water partition coefficient (Wildman–Crippen LogP) is 1.51. The van der Waals surface area contributed by atoms with Gasteiger partial charge in [0.05, 0.1) is 19.3 Å². The highest BCUT2D eigenvalue weighted by atomic mass is 16.5. The molecule has 1 aromatic rings. The number of imidazole rings is 1. The lowest BCUT2D eigenvalue weighted by molar-refractivity contribution is 0.156. The van der Waals surface area contributed by atoms with Gasteiger partial charge in [-0.15, -0.1) is 0 Å². The van der Waals surface area contributed by atoms with E-state index in [9.17, 15) is 5.11 Å². The van der Waals surface area contributed by atoms with E-state index in [0.29, 0.717) is 6.04 Å². The summed E-state index contributed by atoms with van der Waals surface area (Å²) in [6.45, 7) is 2.48. The van der Waals surface area contributed by atoms with Crippen LogP contribution in [0.1, 0.15) is 31.5 Å². The number of rotatable bonds is 6. The van der Waals surface area contributed by atoms with E-state index in [0.717, 1.165) is 50.2 Å². The average Bonchev–Trinajstić information content (AvgIpc) is 3.10. The van der Waals surface area contributed by atoms with Gasteiger partial charge in [0.25, 0.3) is 0 Å². The van der Waals surface area contributed by atoms with Gasteiger partial charge in [-0.25, -0.2) is 4.98 Å². The molecule has 118 valence electrons. The summed E-state index contributed by atoms with van der Waals surface area (Å²) in [6.07, 6.45) is 8.35. The van der Waals surface area contributed by atoms with Crippen molar-refractivity contribution in [1.29, 1.82) is 0 Å². The van der Waals surface area contributed by atoms with Crippen LogP contribution in [0.25, 0.3) is 0 Å². The second-order valence-corrected chi connectivity index (χ2v) is 6.72. The van der Waals surface area contributed by atoms with Gasteiger partial charge in [-0.1, -0.05) is 0 Å². The molecule has 5 nitrogen and oxygen atoms in total. The second kappa shape index (κ2) is 6.46. The maximum Gasteiger partial charge on any atom is 0.122 e. The molecule has 1 aromatic heterocycles. The van der Waals surface area contributed by atoms with E-state index in [1.54, 1.807) is 7.11 Å². The third-order valence-corrected chi connectivity index (χ3v) is 5.32. The summed E-state index contributed by atoms with van der Waals surface area (Å²) in [5.41, 5.74) is 0. The first-order valence-corrected chi connectivity index (χ1v) is 8.04. The molecule has 2 fully saturated rings. The average molecular weight is 293 g/mol. The minimum atomic E-state index is -0.0424. The number of hydrogen-bond acceptors (Lipinski definition) is 4. The van der Waals surface area contributed by atoms with E-state index in [1.165, 1.54) is 12.8 Å². The fraction of sp³-hybridized carbons (Fsp3) is 0.812. The minimum absolute atomic E-state index is 0.0424. The van der Waals surface area contributed by atoms with Gasteiger partial charge in [0.2, 0.25) is 0 Å². The van der Waals surface area contributed by atoms with Gasteiger partial charge >= 0.3 is 0 Å². The van der Waals surface area contributed by atoms with E-state index in [4.69, 9.17) is 4.74 Å². The Morgan fingerprint density at radius 2 is 2.05 bits per heavy atom. The Hall–Kier alpha value is -0.910. The van der Waals surface area contributed by atoms with Crippen molar-refractivity contribution in [2.45, 2.75) is 50.9 Å². The van der Waals surface area contributed by atoms with Crippen LogP contribution in [0, 0.1) is 11.8 Å². The summed E-state index contributed by atoms with van der Waals surface area (Å²) in [4.78, 5) is 6.93. The fourth-order valence-electron chi connectivity index (χ4n) is 4.15. The van der Waals surface area contributed by atoms with E-state index in [2.05, 4.69) is 21.5 Å². The molecule has 0 saturated heterocycles. The van der Waals surface area contributed by atoms with Gasteiger partial charge in [-0.3, -0.25) is 4.90 Å². The monoisotopic (exact) mass is 293 g/mol. The van der Waals surface area contributed by atoms with Gasteiger partial charge in [0.15, 0.2) is 0 Å². The van der Waals surface area contributed by atoms with Crippen molar-refractivity contribution >= 4 is 0 Å². The van der Waals surface area contributed by atoms with Crippen molar-refractivity contribution in [3.63, 3.8) is 0 Å². The Kier molecular flexibility index (Phi) is 4.62. The first-order valence-electron chi connectivity index (χ1n) is 8.04. The summed E-state index contributed by atoms with van der Waals surface area (Å²) >= 11 is 0. The molecule has 0 amide bonds. The topological polar surface area (TPSA) is 50.5 Å². The van der Waals surface area contributed by atoms with Crippen LogP contribution in [0.5, 0.6) is 0 Å². The van der Waals surface area contributed by atoms with E-state index in [1.807, 2.05) is 12.4 Å². The molecule has 0 aromatic carbocycles. The van der Waals surface area contributed by atoms with Crippen LogP contribution in [0.3, 0.4) is 0 Å². The largest absolute Gasteiger partial charge is 0.393 e. The van der Waals surface area contributed by atoms with Crippen molar-refractivity contribution in [1.82, 2.24) is 14.5 Å². The molecular weight excluding hydrogens is 266 g/mol. The van der Waals surface area contributed by atoms with Crippen molar-refractivity contribution in [2.24, 2.45) is 11.8 Å². The highest BCUT2D eigenvalue weighted by Crippen LogP contribution is 2.45. The zero-order valence-corrected chi connectivity index (χ0v) is 13.1. The molecule has 5 heteroatoms. The summed E-state index contributed by atoms with van der Waals surface area (Å²) in [6, 6.07) is 0.639. The molecule has 1 N–H and O–H groups in total. The summed E-state index contributed by atoms with van der Waals surface area (Å²) in [5.74, 6) is 2.59. The minimum Gasteiger partial charge on any atom is -0.393 e. The van der Waals surface area contributed by atoms with E-state index in [-0.39, 0.29) is 6.10 Å². The number of methoxy groups -OCH3 is 1. The van der Waals surface area contributed by atoms with Gasteiger partial charge < -0.3 is 14.4 Å². The smallest absolute Gasteiger partial charge is 0.122 e. The number of aliphatic hydroxyl groups excluding tert-OH is 1. The predicted molar refractivity (Wildman–Crippen MR) is 80.8 cm³/mol. The number of nitrogens with zero attached hydrogens (tertiary/aromatic N) is 3. The third-order valence-electron chi connectivity index (χ3n) is 5.32. The Balaban J connectivity index is 1.55. The number of ether oxygens (including phenoxy) is 1. The van der Waals surface area contributed by atoms with Crippen LogP contribution in [-0.4, -0.2) is 52.5 Å². The number of hydrogen-bond donors (Lipinski definition) is 1. The summed E-state index contributed by atoms with van der Waals surface area (Å²) < 4.78 is 7.33. The van der Waals surface area contributed by atoms with Gasteiger partial charge in [0, 0.05) is 32.1 Å². The Morgan fingerprint density at radius 3 is 2.71 bits per heavy atom. The molecule has 2 aliphatic carbocycles. The standard InChI is InChI=1S/C16H27N3O2/c1-18(11-16-17-3-4-19(16)5-6-21-2)14-7-12-9-15(20)10-13(12)8-14/h3-4,12-15,20H,5-11H2,1-2H3/t12-,13+,14?,15?. The highest BCUT2D eigenvalue weighted by Gasteiger charge is 2.42. The zero-order chi connectivity index (χ0) is 14.8. The molecule has 1 heterocycles. The first-order chi connectivity index (χ1) is 10.2. The van der Waals surface area contributed by atoms with Crippen molar-refractivity contribution in [2.75, 3.05) is 20.8 Å². The molecule has 2 unspecified atom stereocenters. The van der Waals surface area contributed by atoms with Gasteiger partial charge in [0.1, 0.15) is 5.82 Å². The van der Waals surface area contributed by atoms with E-state index >= 15 is 0 Å². The lowest BCUT2D eigenvalue weighted by atomic mass is 10.0. The molecule has 4 atom stereocenters. The maximum atomic E-state index is 9.75. The molecule has 21 heavy (non-hydrogen) atoms. The maximum absolute atomic E-state index is 9.75. The molecule has 3 rings (SSSR count). The van der Waals surface area contributed by atoms with E-state index < -0.39 is 0 Å². The Morgan fingerprint density at radius 1 is 1.33 bits per heavy atom. The Bertz CT molecular complexity index is 448. The fourth-order valence-corrected chi connectivity index (χ4v) is 4.15. The summed E-state index contributed by atoms with van der Waals surface area (Å²) in [5, 5.41) is 9.75. The lowest BCUT2D eigenvalue weighted by Crippen LogP contribution is -2.31. The quantitative estimate of drug-likeness (QED) is 0.864. The van der Waals surface area contributed by atoms with Crippen molar-refractivity contribution in [3.8, 4) is 0 Å². The molecule has 0 spiro atoms. The Labute approximate surface area is 126 Å². The van der Waals surface area contributed by atoms with Crippen LogP contribution in [0.4, 0.5) is 0 Å². The molecule has 0 radical (unpaired) electrons. The van der Waals surface area contributed by atoms with Crippen LogP contribution in [0.15, 0.2) is 12.4 Å².